The summed E-state index contributed by atoms with van der Waals surface area (Å²) >= 11 is 2.22. The number of hydrogen-bond donors (Lipinski definition) is 1. The molecular formula is C38H30IN3O3. The molecule has 0 fully saturated rings. The first-order valence-electron chi connectivity index (χ1n) is 14.4. The first kappa shape index (κ1) is 29.9. The number of aromatic nitrogens is 1. The summed E-state index contributed by atoms with van der Waals surface area (Å²) in [6, 6.07) is 46.1. The zero-order valence-corrected chi connectivity index (χ0v) is 26.7. The summed E-state index contributed by atoms with van der Waals surface area (Å²) in [5.41, 5.74) is 10.3. The molecule has 0 bridgehead atoms. The molecule has 0 radical (unpaired) electrons. The molecule has 1 heterocycles. The molecule has 0 aliphatic carbocycles. The van der Waals surface area contributed by atoms with Gasteiger partial charge in [-0.05, 0) is 93.4 Å². The van der Waals surface area contributed by atoms with Gasteiger partial charge in [-0.25, -0.2) is 5.43 Å². The quantitative estimate of drug-likeness (QED) is 0.0882. The minimum absolute atomic E-state index is 0.304. The van der Waals surface area contributed by atoms with Crippen molar-refractivity contribution in [3.05, 3.63) is 160 Å². The molecule has 6 aromatic rings. The van der Waals surface area contributed by atoms with E-state index in [0.29, 0.717) is 23.7 Å². The van der Waals surface area contributed by atoms with Gasteiger partial charge in [-0.3, -0.25) is 4.79 Å². The minimum atomic E-state index is -0.304. The van der Waals surface area contributed by atoms with Gasteiger partial charge in [0.2, 0.25) is 0 Å². The number of hydrogen-bond acceptors (Lipinski definition) is 4. The van der Waals surface area contributed by atoms with E-state index < -0.39 is 0 Å². The fraction of sp³-hybridized carbons (Fsp3) is 0.0526. The first-order chi connectivity index (χ1) is 22.1. The lowest BCUT2D eigenvalue weighted by atomic mass is 10.1. The Morgan fingerprint density at radius 2 is 1.36 bits per heavy atom. The molecule has 0 spiro atoms. The molecule has 45 heavy (non-hydrogen) atoms. The van der Waals surface area contributed by atoms with E-state index in [1.807, 2.05) is 103 Å². The smallest absolute Gasteiger partial charge is 0.271 e. The third kappa shape index (κ3) is 6.99. The van der Waals surface area contributed by atoms with Gasteiger partial charge in [0.05, 0.1) is 28.3 Å². The lowest BCUT2D eigenvalue weighted by molar-refractivity contribution is 0.0955. The molecule has 5 aromatic carbocycles. The number of methoxy groups -OCH3 is 1. The standard InChI is InChI=1S/C38H30IN3O3/c1-44-36-24-28(23-33(39)37(36)45-26-27-11-5-2-6-12-27)25-40-41-38(43)31-17-19-32(20-18-31)42-34(29-13-7-3-8-14-29)21-22-35(42)30-15-9-4-10-16-30/h2-25H,26H2,1H3,(H,41,43)/b40-25-. The van der Waals surface area contributed by atoms with Gasteiger partial charge >= 0.3 is 0 Å². The van der Waals surface area contributed by atoms with Gasteiger partial charge < -0.3 is 14.0 Å². The van der Waals surface area contributed by atoms with Crippen molar-refractivity contribution < 1.29 is 14.3 Å². The maximum absolute atomic E-state index is 13.0. The average molecular weight is 704 g/mol. The molecule has 0 aliphatic rings. The summed E-state index contributed by atoms with van der Waals surface area (Å²) in [5.74, 6) is 0.953. The molecule has 0 aliphatic heterocycles. The van der Waals surface area contributed by atoms with Crippen LogP contribution in [0.5, 0.6) is 11.5 Å². The fourth-order valence-electron chi connectivity index (χ4n) is 5.06. The normalized spacial score (nSPS) is 11.0. The second kappa shape index (κ2) is 14.1. The van der Waals surface area contributed by atoms with Gasteiger partial charge in [-0.2, -0.15) is 5.10 Å². The van der Waals surface area contributed by atoms with Crippen LogP contribution in [0.1, 0.15) is 21.5 Å². The Kier molecular flexibility index (Phi) is 9.36. The van der Waals surface area contributed by atoms with E-state index >= 15 is 0 Å². The maximum atomic E-state index is 13.0. The van der Waals surface area contributed by atoms with Gasteiger partial charge in [0, 0.05) is 11.3 Å². The molecule has 0 saturated carbocycles. The Labute approximate surface area is 276 Å². The van der Waals surface area contributed by atoms with Crippen LogP contribution in [0, 0.1) is 3.57 Å². The number of carbonyl (C=O) groups excluding carboxylic acids is 1. The molecule has 6 nitrogen and oxygen atoms in total. The predicted molar refractivity (Wildman–Crippen MR) is 188 cm³/mol. The summed E-state index contributed by atoms with van der Waals surface area (Å²) in [6.45, 7) is 0.432. The largest absolute Gasteiger partial charge is 0.493 e. The molecule has 7 heteroatoms. The highest BCUT2D eigenvalue weighted by atomic mass is 127. The van der Waals surface area contributed by atoms with Crippen LogP contribution in [0.25, 0.3) is 28.2 Å². The number of halogens is 1. The lowest BCUT2D eigenvalue weighted by Crippen LogP contribution is -2.17. The highest BCUT2D eigenvalue weighted by Gasteiger charge is 2.15. The summed E-state index contributed by atoms with van der Waals surface area (Å²) in [7, 11) is 1.60. The van der Waals surface area contributed by atoms with Crippen LogP contribution in [0.15, 0.2) is 145 Å². The van der Waals surface area contributed by atoms with Crippen LogP contribution in [0.3, 0.4) is 0 Å². The van der Waals surface area contributed by atoms with Crippen LogP contribution < -0.4 is 14.9 Å². The van der Waals surface area contributed by atoms with Crippen molar-refractivity contribution in [3.8, 4) is 39.7 Å². The van der Waals surface area contributed by atoms with Crippen molar-refractivity contribution >= 4 is 34.7 Å². The number of carbonyl (C=O) groups is 1. The van der Waals surface area contributed by atoms with Crippen molar-refractivity contribution in [1.82, 2.24) is 9.99 Å². The van der Waals surface area contributed by atoms with Crippen molar-refractivity contribution in [1.29, 1.82) is 0 Å². The number of benzene rings is 5. The van der Waals surface area contributed by atoms with Crippen LogP contribution in [-0.2, 0) is 6.61 Å². The van der Waals surface area contributed by atoms with E-state index in [2.05, 4.69) is 74.1 Å². The van der Waals surface area contributed by atoms with E-state index in [9.17, 15) is 4.79 Å². The monoisotopic (exact) mass is 703 g/mol. The summed E-state index contributed by atoms with van der Waals surface area (Å²) < 4.78 is 14.7. The second-order valence-corrected chi connectivity index (χ2v) is 11.4. The Morgan fingerprint density at radius 3 is 1.93 bits per heavy atom. The van der Waals surface area contributed by atoms with Crippen molar-refractivity contribution in [2.24, 2.45) is 5.10 Å². The van der Waals surface area contributed by atoms with E-state index in [-0.39, 0.29) is 5.91 Å². The van der Waals surface area contributed by atoms with Gasteiger partial charge in [0.15, 0.2) is 11.5 Å². The van der Waals surface area contributed by atoms with Gasteiger partial charge in [0.1, 0.15) is 6.61 Å². The van der Waals surface area contributed by atoms with E-state index in [4.69, 9.17) is 9.47 Å². The molecule has 0 atom stereocenters. The minimum Gasteiger partial charge on any atom is -0.493 e. The number of amides is 1. The second-order valence-electron chi connectivity index (χ2n) is 10.2. The van der Waals surface area contributed by atoms with Crippen LogP contribution in [0.2, 0.25) is 0 Å². The van der Waals surface area contributed by atoms with Crippen molar-refractivity contribution in [3.63, 3.8) is 0 Å². The average Bonchev–Trinajstić information content (AvgIpc) is 3.54. The molecule has 0 unspecified atom stereocenters. The van der Waals surface area contributed by atoms with Crippen LogP contribution in [-0.4, -0.2) is 23.8 Å². The highest BCUT2D eigenvalue weighted by Crippen LogP contribution is 2.35. The van der Waals surface area contributed by atoms with Crippen LogP contribution >= 0.6 is 22.6 Å². The zero-order valence-electron chi connectivity index (χ0n) is 24.6. The number of nitrogens with one attached hydrogen (secondary N) is 1. The maximum Gasteiger partial charge on any atom is 0.271 e. The van der Waals surface area contributed by atoms with Gasteiger partial charge in [-0.1, -0.05) is 91.0 Å². The molecule has 1 N–H and O–H groups in total. The van der Waals surface area contributed by atoms with Crippen molar-refractivity contribution in [2.75, 3.05) is 7.11 Å². The van der Waals surface area contributed by atoms with Gasteiger partial charge in [-0.15, -0.1) is 0 Å². The third-order valence-corrected chi connectivity index (χ3v) is 8.07. The first-order valence-corrected chi connectivity index (χ1v) is 15.5. The Hall–Kier alpha value is -5.15. The Morgan fingerprint density at radius 1 is 0.778 bits per heavy atom. The SMILES string of the molecule is COc1cc(/C=N\NC(=O)c2ccc(-n3c(-c4ccccc4)ccc3-c3ccccc3)cc2)cc(I)c1OCc1ccccc1. The number of rotatable bonds is 10. The topological polar surface area (TPSA) is 64.8 Å². The summed E-state index contributed by atoms with van der Waals surface area (Å²) in [4.78, 5) is 13.0. The van der Waals surface area contributed by atoms with Gasteiger partial charge in [0.25, 0.3) is 5.91 Å². The highest BCUT2D eigenvalue weighted by molar-refractivity contribution is 14.1. The van der Waals surface area contributed by atoms with E-state index in [1.165, 1.54) is 0 Å². The van der Waals surface area contributed by atoms with E-state index in [0.717, 1.165) is 42.9 Å². The lowest BCUT2D eigenvalue weighted by Gasteiger charge is -2.15. The zero-order chi connectivity index (χ0) is 31.0. The Bertz CT molecular complexity index is 1860. The molecule has 222 valence electrons. The van der Waals surface area contributed by atoms with Crippen LogP contribution in [0.4, 0.5) is 0 Å². The molecule has 0 saturated heterocycles. The Balaban J connectivity index is 1.18. The number of nitrogens with zero attached hydrogens (tertiary/aromatic N) is 2. The van der Waals surface area contributed by atoms with Crippen molar-refractivity contribution in [2.45, 2.75) is 6.61 Å². The third-order valence-electron chi connectivity index (χ3n) is 7.27. The molecular weight excluding hydrogens is 673 g/mol. The summed E-state index contributed by atoms with van der Waals surface area (Å²) in [5, 5.41) is 4.21. The van der Waals surface area contributed by atoms with E-state index in [1.54, 1.807) is 13.3 Å². The number of ether oxygens (including phenoxy) is 2. The predicted octanol–water partition coefficient (Wildman–Crippen LogP) is 8.77. The fourth-order valence-corrected chi connectivity index (χ4v) is 5.84. The number of hydrazone groups is 1. The molecule has 6 rings (SSSR count). The summed E-state index contributed by atoms with van der Waals surface area (Å²) in [6.07, 6.45) is 1.59. The molecule has 1 aromatic heterocycles. The molecule has 1 amide bonds.